The van der Waals surface area contributed by atoms with Crippen LogP contribution in [0.3, 0.4) is 0 Å². The van der Waals surface area contributed by atoms with Gasteiger partial charge >= 0.3 is 0 Å². The topological polar surface area (TPSA) is 92.5 Å². The van der Waals surface area contributed by atoms with E-state index in [0.717, 1.165) is 46.9 Å². The highest BCUT2D eigenvalue weighted by molar-refractivity contribution is 6.03. The lowest BCUT2D eigenvalue weighted by atomic mass is 9.75. The number of H-pyrrole nitrogens is 3. The molecule has 2 aromatic carbocycles. The van der Waals surface area contributed by atoms with Gasteiger partial charge in [0.2, 0.25) is 0 Å². The Hall–Kier alpha value is -4.43. The molecule has 0 radical (unpaired) electrons. The molecule has 1 aliphatic heterocycles. The third-order valence-electron chi connectivity index (χ3n) is 8.33. The molecule has 0 bridgehead atoms. The van der Waals surface area contributed by atoms with Gasteiger partial charge in [0.25, 0.3) is 0 Å². The molecule has 0 amide bonds. The van der Waals surface area contributed by atoms with Crippen molar-refractivity contribution in [2.45, 2.75) is 58.5 Å². The van der Waals surface area contributed by atoms with Crippen LogP contribution in [0.2, 0.25) is 0 Å². The maximum absolute atomic E-state index is 4.50. The Labute approximate surface area is 235 Å². The van der Waals surface area contributed by atoms with Crippen molar-refractivity contribution < 1.29 is 0 Å². The molecule has 1 aliphatic rings. The molecule has 1 atom stereocenters. The van der Waals surface area contributed by atoms with E-state index in [9.17, 15) is 0 Å². The quantitative estimate of drug-likeness (QED) is 0.215. The fraction of sp³-hybridized carbons (Fsp3) is 0.281. The largest absolute Gasteiger partial charge is 0.282 e. The molecule has 0 spiro atoms. The fourth-order valence-electron chi connectivity index (χ4n) is 6.41. The van der Waals surface area contributed by atoms with Crippen LogP contribution in [0.1, 0.15) is 60.8 Å². The van der Waals surface area contributed by atoms with Crippen LogP contribution < -0.4 is 5.01 Å². The predicted molar refractivity (Wildman–Crippen MR) is 159 cm³/mol. The summed E-state index contributed by atoms with van der Waals surface area (Å²) in [5.41, 5.74) is 8.00. The molecule has 40 heavy (non-hydrogen) atoms. The molecule has 6 rings (SSSR count). The third kappa shape index (κ3) is 3.98. The molecule has 204 valence electrons. The summed E-state index contributed by atoms with van der Waals surface area (Å²) < 4.78 is 0. The Balaban J connectivity index is 1.75. The first-order chi connectivity index (χ1) is 19.4. The van der Waals surface area contributed by atoms with Crippen LogP contribution in [0.25, 0.3) is 11.3 Å². The molecule has 4 heterocycles. The van der Waals surface area contributed by atoms with Gasteiger partial charge in [-0.3, -0.25) is 20.3 Å². The predicted octanol–water partition coefficient (Wildman–Crippen LogP) is 6.41. The first kappa shape index (κ1) is 25.8. The number of nitrogens with one attached hydrogen (secondary N) is 3. The van der Waals surface area contributed by atoms with Gasteiger partial charge in [-0.1, -0.05) is 67.6 Å². The maximum atomic E-state index is 4.50. The summed E-state index contributed by atoms with van der Waals surface area (Å²) in [6, 6.07) is 23.6. The van der Waals surface area contributed by atoms with Gasteiger partial charge in [-0.2, -0.15) is 20.3 Å². The molecule has 0 fully saturated rings. The number of benzene rings is 2. The molecule has 1 unspecified atom stereocenters. The van der Waals surface area contributed by atoms with Crippen LogP contribution in [-0.2, 0) is 12.0 Å². The van der Waals surface area contributed by atoms with Crippen LogP contribution in [0.5, 0.6) is 0 Å². The van der Waals surface area contributed by atoms with Crippen molar-refractivity contribution in [2.24, 2.45) is 0 Å². The van der Waals surface area contributed by atoms with Crippen molar-refractivity contribution in [3.05, 3.63) is 119 Å². The monoisotopic (exact) mass is 532 g/mol. The molecule has 3 aromatic heterocycles. The second-order valence-corrected chi connectivity index (χ2v) is 11.1. The number of hydrazine groups is 1. The van der Waals surface area contributed by atoms with Crippen LogP contribution in [-0.4, -0.2) is 41.1 Å². The van der Waals surface area contributed by atoms with Crippen molar-refractivity contribution in [3.8, 4) is 0 Å². The highest BCUT2D eigenvalue weighted by atomic mass is 15.7. The third-order valence-corrected chi connectivity index (χ3v) is 8.33. The lowest BCUT2D eigenvalue weighted by molar-refractivity contribution is 0.0342. The van der Waals surface area contributed by atoms with Gasteiger partial charge in [-0.25, -0.2) is 0 Å². The number of nitrogens with zero attached hydrogens (tertiary/aromatic N) is 5. The first-order valence-corrected chi connectivity index (χ1v) is 13.8. The second-order valence-electron chi connectivity index (χ2n) is 11.1. The lowest BCUT2D eigenvalue weighted by Gasteiger charge is -2.52. The fourth-order valence-corrected chi connectivity index (χ4v) is 6.41. The maximum Gasteiger partial charge on any atom is 0.143 e. The van der Waals surface area contributed by atoms with E-state index in [0.29, 0.717) is 0 Å². The van der Waals surface area contributed by atoms with E-state index in [2.05, 4.69) is 136 Å². The van der Waals surface area contributed by atoms with Crippen molar-refractivity contribution in [2.75, 3.05) is 5.01 Å². The number of aromatic nitrogens is 6. The second kappa shape index (κ2) is 9.95. The van der Waals surface area contributed by atoms with E-state index in [1.54, 1.807) is 0 Å². The average Bonchev–Trinajstić information content (AvgIpc) is 3.77. The van der Waals surface area contributed by atoms with Crippen LogP contribution in [0, 0.1) is 13.8 Å². The van der Waals surface area contributed by atoms with E-state index in [4.69, 9.17) is 0 Å². The van der Waals surface area contributed by atoms with E-state index in [-0.39, 0.29) is 0 Å². The molecule has 0 saturated heterocycles. The summed E-state index contributed by atoms with van der Waals surface area (Å²) in [6.45, 7) is 11.1. The van der Waals surface area contributed by atoms with Gasteiger partial charge in [-0.15, -0.1) is 0 Å². The Bertz CT molecular complexity index is 1610. The zero-order valence-electron chi connectivity index (χ0n) is 23.7. The number of anilines is 1. The Morgan fingerprint density at radius 1 is 0.825 bits per heavy atom. The van der Waals surface area contributed by atoms with Crippen molar-refractivity contribution in [1.82, 2.24) is 35.6 Å². The van der Waals surface area contributed by atoms with Crippen molar-refractivity contribution >= 4 is 17.1 Å². The van der Waals surface area contributed by atoms with Gasteiger partial charge in [-0.05, 0) is 57.2 Å². The Morgan fingerprint density at radius 2 is 1.52 bits per heavy atom. The smallest absolute Gasteiger partial charge is 0.143 e. The van der Waals surface area contributed by atoms with Gasteiger partial charge < -0.3 is 0 Å². The minimum absolute atomic E-state index is 0.435. The van der Waals surface area contributed by atoms with Crippen molar-refractivity contribution in [3.63, 3.8) is 0 Å². The zero-order valence-corrected chi connectivity index (χ0v) is 23.7. The molecule has 3 N–H and O–H groups in total. The minimum atomic E-state index is -0.470. The SMILES string of the molecule is CCC1(Cc2ccccc2)C(c2[nH]ncc2C)=C(c2cn[nH]c2C)N(c2ccn[nH]2)N1C(C)(C)c1ccccc1. The highest BCUT2D eigenvalue weighted by Crippen LogP contribution is 2.56. The first-order valence-electron chi connectivity index (χ1n) is 13.8. The summed E-state index contributed by atoms with van der Waals surface area (Å²) in [7, 11) is 0. The number of hydrogen-bond acceptors (Lipinski definition) is 5. The Kier molecular flexibility index (Phi) is 6.43. The molecule has 8 nitrogen and oxygen atoms in total. The Morgan fingerprint density at radius 3 is 2.10 bits per heavy atom. The highest BCUT2D eigenvalue weighted by Gasteiger charge is 2.57. The van der Waals surface area contributed by atoms with Gasteiger partial charge in [0, 0.05) is 22.9 Å². The molecule has 0 saturated carbocycles. The summed E-state index contributed by atoms with van der Waals surface area (Å²) >= 11 is 0. The lowest BCUT2D eigenvalue weighted by Crippen LogP contribution is -2.61. The molecule has 5 aromatic rings. The molecular formula is C32H36N8. The number of aromatic amines is 3. The molecule has 0 aliphatic carbocycles. The van der Waals surface area contributed by atoms with Gasteiger partial charge in [0.05, 0.1) is 41.1 Å². The van der Waals surface area contributed by atoms with Gasteiger partial charge in [0.15, 0.2) is 0 Å². The minimum Gasteiger partial charge on any atom is -0.282 e. The summed E-state index contributed by atoms with van der Waals surface area (Å²) in [5.74, 6) is 0.887. The summed E-state index contributed by atoms with van der Waals surface area (Å²) in [5, 5.41) is 28.1. The van der Waals surface area contributed by atoms with E-state index in [1.165, 1.54) is 16.7 Å². The van der Waals surface area contributed by atoms with Crippen molar-refractivity contribution in [1.29, 1.82) is 0 Å². The van der Waals surface area contributed by atoms with Crippen LogP contribution in [0.15, 0.2) is 85.3 Å². The normalized spacial score (nSPS) is 18.2. The summed E-state index contributed by atoms with van der Waals surface area (Å²) in [4.78, 5) is 0. The van der Waals surface area contributed by atoms with E-state index < -0.39 is 11.1 Å². The van der Waals surface area contributed by atoms with E-state index in [1.807, 2.05) is 24.7 Å². The number of rotatable bonds is 8. The summed E-state index contributed by atoms with van der Waals surface area (Å²) in [6.07, 6.45) is 7.29. The van der Waals surface area contributed by atoms with E-state index >= 15 is 0 Å². The number of hydrogen-bond donors (Lipinski definition) is 3. The average molecular weight is 533 g/mol. The zero-order chi connectivity index (χ0) is 27.9. The van der Waals surface area contributed by atoms with Crippen LogP contribution >= 0.6 is 0 Å². The van der Waals surface area contributed by atoms with Crippen LogP contribution in [0.4, 0.5) is 5.82 Å². The van der Waals surface area contributed by atoms with Gasteiger partial charge in [0.1, 0.15) is 5.82 Å². The number of aryl methyl sites for hydroxylation is 2. The molecular weight excluding hydrogens is 496 g/mol. The standard InChI is InChI=1S/C32H36N8/c1-6-32(19-24-13-9-7-10-14-24)28(29-22(2)20-34-38-29)30(26-21-35-36-23(26)3)39(27-17-18-33-37-27)40(32)31(4,5)25-15-11-8-12-16-25/h7-18,20-21H,6,19H2,1-5H3,(H,33,37)(H,34,38)(H,35,36). The molecule has 8 heteroatoms.